The van der Waals surface area contributed by atoms with Gasteiger partial charge in [0.05, 0.1) is 6.42 Å². The lowest BCUT2D eigenvalue weighted by molar-refractivity contribution is -0.153. The number of benzene rings is 1. The third-order valence-electron chi connectivity index (χ3n) is 2.02. The van der Waals surface area contributed by atoms with E-state index in [1.165, 1.54) is 0 Å². The molecule has 0 aromatic heterocycles. The van der Waals surface area contributed by atoms with Gasteiger partial charge in [-0.1, -0.05) is 40.2 Å². The minimum atomic E-state index is -0.416. The number of carbonyl (C=O) groups excluding carboxylic acids is 1. The fourth-order valence-electron chi connectivity index (χ4n) is 1.39. The van der Waals surface area contributed by atoms with Crippen molar-refractivity contribution >= 4 is 21.9 Å². The van der Waals surface area contributed by atoms with E-state index in [0.29, 0.717) is 6.42 Å². The highest BCUT2D eigenvalue weighted by atomic mass is 79.9. The van der Waals surface area contributed by atoms with Crippen LogP contribution in [-0.4, -0.2) is 11.6 Å². The number of alkyl halides is 1. The predicted octanol–water partition coefficient (Wildman–Crippen LogP) is 3.47. The van der Waals surface area contributed by atoms with E-state index in [-0.39, 0.29) is 5.97 Å². The van der Waals surface area contributed by atoms with Crippen molar-refractivity contribution in [1.82, 2.24) is 0 Å². The lowest BCUT2D eigenvalue weighted by atomic mass is 10.1. The first kappa shape index (κ1) is 13.2. The molecule has 0 aliphatic carbocycles. The van der Waals surface area contributed by atoms with Crippen LogP contribution < -0.4 is 0 Å². The number of carbonyl (C=O) groups is 1. The first-order chi connectivity index (χ1) is 7.42. The molecule has 1 aromatic rings. The van der Waals surface area contributed by atoms with E-state index in [4.69, 9.17) is 4.74 Å². The molecule has 0 aliphatic rings. The second-order valence-corrected chi connectivity index (χ2v) is 5.23. The maximum absolute atomic E-state index is 11.7. The zero-order valence-corrected chi connectivity index (χ0v) is 11.5. The Balaban J connectivity index is 2.70. The average Bonchev–Trinajstić information content (AvgIpc) is 2.15. The molecule has 0 fully saturated rings. The minimum absolute atomic E-state index is 0.180. The summed E-state index contributed by atoms with van der Waals surface area (Å²) in [5, 5.41) is 0.756. The fourth-order valence-corrected chi connectivity index (χ4v) is 1.94. The van der Waals surface area contributed by atoms with E-state index in [1.54, 1.807) is 0 Å². The van der Waals surface area contributed by atoms with Crippen LogP contribution in [0.3, 0.4) is 0 Å². The van der Waals surface area contributed by atoms with E-state index in [0.717, 1.165) is 16.5 Å². The van der Waals surface area contributed by atoms with E-state index in [1.807, 2.05) is 45.0 Å². The summed E-state index contributed by atoms with van der Waals surface area (Å²) in [5.41, 5.74) is 1.74. The highest BCUT2D eigenvalue weighted by molar-refractivity contribution is 9.08. The van der Waals surface area contributed by atoms with Crippen molar-refractivity contribution in [3.8, 4) is 0 Å². The number of hydrogen-bond acceptors (Lipinski definition) is 2. The van der Waals surface area contributed by atoms with Gasteiger partial charge in [-0.05, 0) is 31.9 Å². The lowest BCUT2D eigenvalue weighted by Gasteiger charge is -2.19. The van der Waals surface area contributed by atoms with Gasteiger partial charge in [-0.2, -0.15) is 0 Å². The van der Waals surface area contributed by atoms with Gasteiger partial charge in [-0.15, -0.1) is 0 Å². The van der Waals surface area contributed by atoms with E-state index < -0.39 is 5.60 Å². The Labute approximate surface area is 105 Å². The van der Waals surface area contributed by atoms with Gasteiger partial charge >= 0.3 is 5.97 Å². The molecule has 0 atom stereocenters. The second-order valence-electron chi connectivity index (χ2n) is 4.67. The molecule has 88 valence electrons. The number of hydrogen-bond donors (Lipinski definition) is 0. The molecule has 0 heterocycles. The van der Waals surface area contributed by atoms with Crippen LogP contribution in [0, 0.1) is 0 Å². The number of halogens is 1. The standard InChI is InChI=1S/C13H17BrO2/c1-13(2,3)16-12(15)8-10-6-4-5-7-11(10)9-14/h4-7H,8-9H2,1-3H3. The number of esters is 1. The van der Waals surface area contributed by atoms with Crippen LogP contribution in [0.5, 0.6) is 0 Å². The van der Waals surface area contributed by atoms with Crippen molar-refractivity contribution < 1.29 is 9.53 Å². The van der Waals surface area contributed by atoms with Crippen LogP contribution in [0.2, 0.25) is 0 Å². The quantitative estimate of drug-likeness (QED) is 0.628. The lowest BCUT2D eigenvalue weighted by Crippen LogP contribution is -2.25. The van der Waals surface area contributed by atoms with Gasteiger partial charge in [0.2, 0.25) is 0 Å². The molecule has 0 unspecified atom stereocenters. The van der Waals surface area contributed by atoms with E-state index in [2.05, 4.69) is 15.9 Å². The fraction of sp³-hybridized carbons (Fsp3) is 0.462. The van der Waals surface area contributed by atoms with Crippen LogP contribution >= 0.6 is 15.9 Å². The SMILES string of the molecule is CC(C)(C)OC(=O)Cc1ccccc1CBr. The van der Waals surface area contributed by atoms with Gasteiger partial charge in [0.1, 0.15) is 5.60 Å². The van der Waals surface area contributed by atoms with Crippen LogP contribution in [0.15, 0.2) is 24.3 Å². The van der Waals surface area contributed by atoms with Gasteiger partial charge in [0.15, 0.2) is 0 Å². The Morgan fingerprint density at radius 3 is 2.31 bits per heavy atom. The molecule has 0 spiro atoms. The molecule has 0 saturated heterocycles. The second kappa shape index (κ2) is 5.48. The Hall–Kier alpha value is -0.830. The third kappa shape index (κ3) is 4.35. The number of rotatable bonds is 3. The molecule has 0 saturated carbocycles. The summed E-state index contributed by atoms with van der Waals surface area (Å²) in [7, 11) is 0. The van der Waals surface area contributed by atoms with E-state index in [9.17, 15) is 4.79 Å². The first-order valence-electron chi connectivity index (χ1n) is 5.27. The van der Waals surface area contributed by atoms with Crippen LogP contribution in [-0.2, 0) is 21.3 Å². The monoisotopic (exact) mass is 284 g/mol. The molecule has 3 heteroatoms. The molecule has 2 nitrogen and oxygen atoms in total. The molecule has 0 amide bonds. The van der Waals surface area contributed by atoms with Crippen molar-refractivity contribution in [1.29, 1.82) is 0 Å². The van der Waals surface area contributed by atoms with Gasteiger partial charge in [-0.3, -0.25) is 4.79 Å². The van der Waals surface area contributed by atoms with Crippen LogP contribution in [0.4, 0.5) is 0 Å². The molecule has 0 N–H and O–H groups in total. The van der Waals surface area contributed by atoms with Gasteiger partial charge in [0, 0.05) is 5.33 Å². The van der Waals surface area contributed by atoms with Gasteiger partial charge in [0.25, 0.3) is 0 Å². The van der Waals surface area contributed by atoms with Crippen LogP contribution in [0.25, 0.3) is 0 Å². The third-order valence-corrected chi connectivity index (χ3v) is 2.62. The summed E-state index contributed by atoms with van der Waals surface area (Å²) in [6.07, 6.45) is 0.332. The summed E-state index contributed by atoms with van der Waals surface area (Å²) in [4.78, 5) is 11.7. The highest BCUT2D eigenvalue weighted by Crippen LogP contribution is 2.15. The zero-order valence-electron chi connectivity index (χ0n) is 9.92. The molecule has 1 rings (SSSR count). The first-order valence-corrected chi connectivity index (χ1v) is 6.39. The summed E-state index contributed by atoms with van der Waals surface area (Å²) < 4.78 is 5.29. The minimum Gasteiger partial charge on any atom is -0.460 e. The summed E-state index contributed by atoms with van der Waals surface area (Å²) in [6, 6.07) is 7.87. The predicted molar refractivity (Wildman–Crippen MR) is 68.6 cm³/mol. The van der Waals surface area contributed by atoms with Crippen molar-refractivity contribution in [3.63, 3.8) is 0 Å². The Morgan fingerprint density at radius 2 is 1.81 bits per heavy atom. The average molecular weight is 285 g/mol. The zero-order chi connectivity index (χ0) is 12.2. The molecule has 0 radical (unpaired) electrons. The normalized spacial score (nSPS) is 11.2. The van der Waals surface area contributed by atoms with Crippen molar-refractivity contribution in [2.45, 2.75) is 38.1 Å². The summed E-state index contributed by atoms with van der Waals surface area (Å²) in [5.74, 6) is -0.180. The molecule has 16 heavy (non-hydrogen) atoms. The van der Waals surface area contributed by atoms with Crippen LogP contribution in [0.1, 0.15) is 31.9 Å². The van der Waals surface area contributed by atoms with Crippen molar-refractivity contribution in [3.05, 3.63) is 35.4 Å². The van der Waals surface area contributed by atoms with Gasteiger partial charge in [-0.25, -0.2) is 0 Å². The maximum Gasteiger partial charge on any atom is 0.310 e. The largest absolute Gasteiger partial charge is 0.460 e. The number of ether oxygens (including phenoxy) is 1. The molecular weight excluding hydrogens is 268 g/mol. The summed E-state index contributed by atoms with van der Waals surface area (Å²) >= 11 is 3.41. The molecule has 1 aromatic carbocycles. The Bertz CT molecular complexity index is 366. The van der Waals surface area contributed by atoms with Gasteiger partial charge < -0.3 is 4.74 Å². The summed E-state index contributed by atoms with van der Waals surface area (Å²) in [6.45, 7) is 5.63. The smallest absolute Gasteiger partial charge is 0.310 e. The maximum atomic E-state index is 11.7. The molecule has 0 bridgehead atoms. The van der Waals surface area contributed by atoms with Crippen molar-refractivity contribution in [2.24, 2.45) is 0 Å². The highest BCUT2D eigenvalue weighted by Gasteiger charge is 2.17. The Morgan fingerprint density at radius 1 is 1.25 bits per heavy atom. The molecular formula is C13H17BrO2. The Kier molecular flexibility index (Phi) is 4.54. The topological polar surface area (TPSA) is 26.3 Å². The van der Waals surface area contributed by atoms with Crippen molar-refractivity contribution in [2.75, 3.05) is 0 Å². The van der Waals surface area contributed by atoms with E-state index >= 15 is 0 Å². The molecule has 0 aliphatic heterocycles.